The first-order valence-electron chi connectivity index (χ1n) is 8.23. The number of nitrogens with one attached hydrogen (secondary N) is 2. The van der Waals surface area contributed by atoms with E-state index in [9.17, 15) is 9.90 Å². The number of amides is 1. The van der Waals surface area contributed by atoms with Crippen molar-refractivity contribution in [3.05, 3.63) is 30.0 Å². The van der Waals surface area contributed by atoms with E-state index in [1.165, 1.54) is 6.20 Å². The molecular weight excluding hydrogens is 322 g/mol. The Morgan fingerprint density at radius 3 is 2.72 bits per heavy atom. The number of nitrogens with zero attached hydrogens (tertiary/aromatic N) is 1. The molecule has 136 valence electrons. The van der Waals surface area contributed by atoms with Gasteiger partial charge < -0.3 is 19.9 Å². The largest absolute Gasteiger partial charge is 0.497 e. The van der Waals surface area contributed by atoms with Crippen LogP contribution < -0.4 is 14.8 Å². The summed E-state index contributed by atoms with van der Waals surface area (Å²) in [6.07, 6.45) is 2.33. The van der Waals surface area contributed by atoms with E-state index in [-0.39, 0.29) is 24.5 Å². The number of hydrogen-bond acceptors (Lipinski definition) is 5. The lowest BCUT2D eigenvalue weighted by atomic mass is 9.99. The van der Waals surface area contributed by atoms with Crippen LogP contribution in [0.15, 0.2) is 24.4 Å². The number of aliphatic hydroxyl groups is 1. The molecule has 0 aliphatic rings. The topological polar surface area (TPSA) is 96.5 Å². The highest BCUT2D eigenvalue weighted by Crippen LogP contribution is 2.33. The number of hydrogen-bond donors (Lipinski definition) is 3. The van der Waals surface area contributed by atoms with Gasteiger partial charge in [-0.05, 0) is 18.1 Å². The number of carbonyl (C=O) groups is 1. The van der Waals surface area contributed by atoms with Gasteiger partial charge in [-0.3, -0.25) is 9.89 Å². The highest BCUT2D eigenvalue weighted by molar-refractivity contribution is 6.00. The maximum Gasteiger partial charge on any atom is 0.255 e. The van der Waals surface area contributed by atoms with Crippen molar-refractivity contribution in [2.45, 2.75) is 26.3 Å². The van der Waals surface area contributed by atoms with Crippen molar-refractivity contribution in [1.82, 2.24) is 15.5 Å². The average Bonchev–Trinajstić information content (AvgIpc) is 3.14. The highest BCUT2D eigenvalue weighted by atomic mass is 16.5. The molecule has 25 heavy (non-hydrogen) atoms. The first-order valence-corrected chi connectivity index (χ1v) is 8.23. The summed E-state index contributed by atoms with van der Waals surface area (Å²) in [6.45, 7) is 3.90. The number of carbonyl (C=O) groups excluding carboxylic acids is 1. The van der Waals surface area contributed by atoms with Gasteiger partial charge in [0.15, 0.2) is 0 Å². The molecule has 0 radical (unpaired) electrons. The van der Waals surface area contributed by atoms with Crippen molar-refractivity contribution >= 4 is 5.91 Å². The van der Waals surface area contributed by atoms with Crippen LogP contribution in [0.2, 0.25) is 0 Å². The molecule has 0 spiro atoms. The zero-order valence-corrected chi connectivity index (χ0v) is 15.0. The molecule has 0 aliphatic heterocycles. The van der Waals surface area contributed by atoms with Crippen LogP contribution in [0.1, 0.15) is 30.6 Å². The van der Waals surface area contributed by atoms with E-state index < -0.39 is 0 Å². The second-order valence-electron chi connectivity index (χ2n) is 5.87. The van der Waals surface area contributed by atoms with Gasteiger partial charge in [-0.2, -0.15) is 5.10 Å². The molecule has 0 saturated heterocycles. The van der Waals surface area contributed by atoms with Crippen LogP contribution in [-0.2, 0) is 0 Å². The maximum atomic E-state index is 12.7. The molecule has 2 rings (SSSR count). The zero-order chi connectivity index (χ0) is 18.4. The normalized spacial score (nSPS) is 13.2. The third kappa shape index (κ3) is 4.11. The van der Waals surface area contributed by atoms with Crippen molar-refractivity contribution in [2.24, 2.45) is 5.92 Å². The number of ether oxygens (including phenoxy) is 2. The Balaban J connectivity index is 2.33. The number of aromatic nitrogens is 2. The summed E-state index contributed by atoms with van der Waals surface area (Å²) in [4.78, 5) is 12.7. The van der Waals surface area contributed by atoms with Gasteiger partial charge in [0, 0.05) is 11.6 Å². The van der Waals surface area contributed by atoms with Gasteiger partial charge in [-0.1, -0.05) is 20.3 Å². The third-order valence-corrected chi connectivity index (χ3v) is 4.41. The van der Waals surface area contributed by atoms with Crippen LogP contribution in [0.25, 0.3) is 11.3 Å². The van der Waals surface area contributed by atoms with Gasteiger partial charge >= 0.3 is 0 Å². The lowest BCUT2D eigenvalue weighted by Gasteiger charge is -2.22. The molecule has 0 fully saturated rings. The van der Waals surface area contributed by atoms with E-state index >= 15 is 0 Å². The van der Waals surface area contributed by atoms with E-state index in [0.29, 0.717) is 28.3 Å². The minimum Gasteiger partial charge on any atom is -0.497 e. The Kier molecular flexibility index (Phi) is 6.41. The molecule has 7 nitrogen and oxygen atoms in total. The van der Waals surface area contributed by atoms with Gasteiger partial charge in [0.05, 0.1) is 44.3 Å². The third-order valence-electron chi connectivity index (χ3n) is 4.41. The SMILES string of the molecule is CC[C@H](C)[C@H](CO)NC(=O)c1cn[nH]c1-c1ccc(OC)cc1OC. The van der Waals surface area contributed by atoms with Crippen LogP contribution >= 0.6 is 0 Å². The molecule has 1 aromatic heterocycles. The molecule has 2 atom stereocenters. The Bertz CT molecular complexity index is 714. The second-order valence-corrected chi connectivity index (χ2v) is 5.87. The minimum absolute atomic E-state index is 0.111. The van der Waals surface area contributed by atoms with E-state index in [4.69, 9.17) is 9.47 Å². The molecule has 0 unspecified atom stereocenters. The van der Waals surface area contributed by atoms with E-state index in [1.807, 2.05) is 13.8 Å². The molecule has 1 amide bonds. The zero-order valence-electron chi connectivity index (χ0n) is 15.0. The fourth-order valence-electron chi connectivity index (χ4n) is 2.57. The summed E-state index contributed by atoms with van der Waals surface area (Å²) in [6, 6.07) is 5.03. The van der Waals surface area contributed by atoms with Crippen LogP contribution in [0.3, 0.4) is 0 Å². The van der Waals surface area contributed by atoms with Gasteiger partial charge in [0.1, 0.15) is 11.5 Å². The molecule has 7 heteroatoms. The van der Waals surface area contributed by atoms with Crippen molar-refractivity contribution in [3.8, 4) is 22.8 Å². The van der Waals surface area contributed by atoms with Crippen molar-refractivity contribution in [3.63, 3.8) is 0 Å². The van der Waals surface area contributed by atoms with Crippen LogP contribution in [0.5, 0.6) is 11.5 Å². The Labute approximate surface area is 147 Å². The van der Waals surface area contributed by atoms with Crippen LogP contribution in [-0.4, -0.2) is 48.1 Å². The molecular formula is C18H25N3O4. The highest BCUT2D eigenvalue weighted by Gasteiger charge is 2.23. The average molecular weight is 347 g/mol. The Hall–Kier alpha value is -2.54. The first kappa shape index (κ1) is 18.8. The number of benzene rings is 1. The Morgan fingerprint density at radius 2 is 2.12 bits per heavy atom. The number of rotatable bonds is 8. The molecule has 2 aromatic rings. The molecule has 0 aliphatic carbocycles. The van der Waals surface area contributed by atoms with Crippen LogP contribution in [0.4, 0.5) is 0 Å². The minimum atomic E-state index is -0.307. The van der Waals surface area contributed by atoms with E-state index in [0.717, 1.165) is 6.42 Å². The summed E-state index contributed by atoms with van der Waals surface area (Å²) in [5.74, 6) is 1.10. The van der Waals surface area contributed by atoms with Crippen molar-refractivity contribution in [1.29, 1.82) is 0 Å². The lowest BCUT2D eigenvalue weighted by Crippen LogP contribution is -2.41. The number of aliphatic hydroxyl groups excluding tert-OH is 1. The van der Waals surface area contributed by atoms with Gasteiger partial charge in [0.2, 0.25) is 0 Å². The molecule has 1 heterocycles. The van der Waals surface area contributed by atoms with Crippen molar-refractivity contribution < 1.29 is 19.4 Å². The summed E-state index contributed by atoms with van der Waals surface area (Å²) in [7, 11) is 3.13. The van der Waals surface area contributed by atoms with Crippen molar-refractivity contribution in [2.75, 3.05) is 20.8 Å². The quantitative estimate of drug-likeness (QED) is 0.680. The monoisotopic (exact) mass is 347 g/mol. The van der Waals surface area contributed by atoms with E-state index in [1.54, 1.807) is 32.4 Å². The predicted molar refractivity (Wildman–Crippen MR) is 94.9 cm³/mol. The standard InChI is InChI=1S/C18H25N3O4/c1-5-11(2)15(10-22)20-18(23)14-9-19-21-17(14)13-7-6-12(24-3)8-16(13)25-4/h6-9,11,15,22H,5,10H2,1-4H3,(H,19,21)(H,20,23)/t11-,15-/m0/s1. The number of aromatic amines is 1. The predicted octanol–water partition coefficient (Wildman–Crippen LogP) is 2.23. The first-order chi connectivity index (χ1) is 12.0. The fraction of sp³-hybridized carbons (Fsp3) is 0.444. The number of methoxy groups -OCH3 is 2. The summed E-state index contributed by atoms with van der Waals surface area (Å²) in [5, 5.41) is 19.3. The second kappa shape index (κ2) is 8.53. The molecule has 0 bridgehead atoms. The number of H-pyrrole nitrogens is 1. The molecule has 3 N–H and O–H groups in total. The summed E-state index contributed by atoms with van der Waals surface area (Å²) >= 11 is 0. The van der Waals surface area contributed by atoms with Gasteiger partial charge in [-0.15, -0.1) is 0 Å². The summed E-state index contributed by atoms with van der Waals surface area (Å²) < 4.78 is 10.6. The maximum absolute atomic E-state index is 12.7. The van der Waals surface area contributed by atoms with Gasteiger partial charge in [0.25, 0.3) is 5.91 Å². The summed E-state index contributed by atoms with van der Waals surface area (Å²) in [5.41, 5.74) is 1.65. The Morgan fingerprint density at radius 1 is 1.36 bits per heavy atom. The smallest absolute Gasteiger partial charge is 0.255 e. The fourth-order valence-corrected chi connectivity index (χ4v) is 2.57. The van der Waals surface area contributed by atoms with Crippen LogP contribution in [0, 0.1) is 5.92 Å². The van der Waals surface area contributed by atoms with Gasteiger partial charge in [-0.25, -0.2) is 0 Å². The lowest BCUT2D eigenvalue weighted by molar-refractivity contribution is 0.0892. The van der Waals surface area contributed by atoms with E-state index in [2.05, 4.69) is 15.5 Å². The molecule has 1 aromatic carbocycles. The molecule has 0 saturated carbocycles.